The maximum absolute atomic E-state index is 10.0. The predicted octanol–water partition coefficient (Wildman–Crippen LogP) is -0.0159. The van der Waals surface area contributed by atoms with Crippen LogP contribution in [0, 0.1) is 11.3 Å². The first kappa shape index (κ1) is 7.86. The van der Waals surface area contributed by atoms with Crippen LogP contribution in [-0.2, 0) is 4.79 Å². The number of carbonyl (C=O) groups excluding carboxylic acids is 1. The summed E-state index contributed by atoms with van der Waals surface area (Å²) < 4.78 is 0. The van der Waals surface area contributed by atoms with Gasteiger partial charge in [-0.1, -0.05) is 0 Å². The highest BCUT2D eigenvalue weighted by Gasteiger charge is 1.95. The summed E-state index contributed by atoms with van der Waals surface area (Å²) in [6, 6.07) is 1.73. The Balaban J connectivity index is 4.43. The smallest absolute Gasteiger partial charge is 0.160 e. The van der Waals surface area contributed by atoms with Crippen molar-refractivity contribution < 1.29 is 4.79 Å². The molecule has 2 N–H and O–H groups in total. The van der Waals surface area contributed by atoms with Crippen molar-refractivity contribution in [3.63, 3.8) is 0 Å². The van der Waals surface area contributed by atoms with E-state index in [1.54, 1.807) is 13.0 Å². The zero-order valence-electron chi connectivity index (χ0n) is 5.22. The molecule has 0 rings (SSSR count). The fourth-order valence-corrected chi connectivity index (χ4v) is 0.332. The van der Waals surface area contributed by atoms with Crippen molar-refractivity contribution in [3.05, 3.63) is 11.1 Å². The Morgan fingerprint density at radius 3 is 2.56 bits per heavy atom. The van der Waals surface area contributed by atoms with Crippen molar-refractivity contribution in [1.82, 2.24) is 0 Å². The summed E-state index contributed by atoms with van der Waals surface area (Å²) in [6.07, 6.45) is 0.516. The van der Waals surface area contributed by atoms with Crippen molar-refractivity contribution in [1.29, 1.82) is 5.26 Å². The maximum atomic E-state index is 10.0. The van der Waals surface area contributed by atoms with E-state index >= 15 is 0 Å². The van der Waals surface area contributed by atoms with Crippen LogP contribution in [0.5, 0.6) is 0 Å². The van der Waals surface area contributed by atoms with Gasteiger partial charge in [-0.05, 0) is 12.5 Å². The number of aldehydes is 1. The van der Waals surface area contributed by atoms with Crippen LogP contribution < -0.4 is 5.73 Å². The number of nitrogens with zero attached hydrogens (tertiary/aromatic N) is 1. The van der Waals surface area contributed by atoms with Gasteiger partial charge in [0, 0.05) is 6.54 Å². The van der Waals surface area contributed by atoms with Gasteiger partial charge in [-0.3, -0.25) is 4.79 Å². The van der Waals surface area contributed by atoms with E-state index in [0.717, 1.165) is 0 Å². The standard InChI is InChI=1S/C6H8N2O/c1-5(2-7)6(3-8)4-9/h4H,2,7H2,1H3/b6-5-. The van der Waals surface area contributed by atoms with Gasteiger partial charge in [0.1, 0.15) is 6.07 Å². The third kappa shape index (κ3) is 2.06. The summed E-state index contributed by atoms with van der Waals surface area (Å²) in [5.74, 6) is 0. The van der Waals surface area contributed by atoms with Crippen molar-refractivity contribution in [3.8, 4) is 6.07 Å². The molecule has 48 valence electrons. The molecule has 9 heavy (non-hydrogen) atoms. The number of nitrogens with two attached hydrogens (primary N) is 1. The maximum Gasteiger partial charge on any atom is 0.160 e. The van der Waals surface area contributed by atoms with Gasteiger partial charge >= 0.3 is 0 Å². The SMILES string of the molecule is C/C(CN)=C(\C#N)C=O. The zero-order chi connectivity index (χ0) is 7.28. The molecule has 3 heteroatoms. The van der Waals surface area contributed by atoms with Gasteiger partial charge in [-0.2, -0.15) is 5.26 Å². The first-order chi connectivity index (χ1) is 4.26. The number of rotatable bonds is 2. The molecule has 0 amide bonds. The Kier molecular flexibility index (Phi) is 3.33. The van der Waals surface area contributed by atoms with Crippen molar-refractivity contribution in [2.24, 2.45) is 5.73 Å². The summed E-state index contributed by atoms with van der Waals surface area (Å²) in [5, 5.41) is 8.23. The first-order valence-corrected chi connectivity index (χ1v) is 2.51. The highest BCUT2D eigenvalue weighted by molar-refractivity contribution is 5.80. The third-order valence-corrected chi connectivity index (χ3v) is 1.00. The molecule has 0 aliphatic rings. The second-order valence-electron chi connectivity index (χ2n) is 1.63. The molecule has 0 saturated heterocycles. The predicted molar refractivity (Wildman–Crippen MR) is 33.4 cm³/mol. The molecule has 3 nitrogen and oxygen atoms in total. The van der Waals surface area contributed by atoms with Gasteiger partial charge in [0.15, 0.2) is 6.29 Å². The second-order valence-corrected chi connectivity index (χ2v) is 1.63. The fourth-order valence-electron chi connectivity index (χ4n) is 0.332. The van der Waals surface area contributed by atoms with Crippen LogP contribution in [0.25, 0.3) is 0 Å². The van der Waals surface area contributed by atoms with Crippen LogP contribution in [0.2, 0.25) is 0 Å². The number of carbonyl (C=O) groups is 1. The highest BCUT2D eigenvalue weighted by Crippen LogP contribution is 1.95. The van der Waals surface area contributed by atoms with Gasteiger partial charge in [0.05, 0.1) is 5.57 Å². The molecule has 0 aromatic carbocycles. The summed E-state index contributed by atoms with van der Waals surface area (Å²) in [4.78, 5) is 10.0. The quantitative estimate of drug-likeness (QED) is 0.319. The monoisotopic (exact) mass is 124 g/mol. The molecule has 0 unspecified atom stereocenters. The average Bonchev–Trinajstić information content (AvgIpc) is 1.90. The number of hydrogen-bond acceptors (Lipinski definition) is 3. The number of nitriles is 1. The van der Waals surface area contributed by atoms with Crippen LogP contribution in [0.15, 0.2) is 11.1 Å². The van der Waals surface area contributed by atoms with Crippen LogP contribution in [0.3, 0.4) is 0 Å². The van der Waals surface area contributed by atoms with E-state index in [2.05, 4.69) is 0 Å². The van der Waals surface area contributed by atoms with Crippen molar-refractivity contribution >= 4 is 6.29 Å². The Bertz CT molecular complexity index is 176. The summed E-state index contributed by atoms with van der Waals surface area (Å²) >= 11 is 0. The fraction of sp³-hybridized carbons (Fsp3) is 0.333. The van der Waals surface area contributed by atoms with Crippen molar-refractivity contribution in [2.45, 2.75) is 6.92 Å². The molecular weight excluding hydrogens is 116 g/mol. The minimum absolute atomic E-state index is 0.137. The van der Waals surface area contributed by atoms with E-state index < -0.39 is 0 Å². The molecule has 0 radical (unpaired) electrons. The highest BCUT2D eigenvalue weighted by atomic mass is 16.1. The first-order valence-electron chi connectivity index (χ1n) is 2.51. The molecule has 0 heterocycles. The van der Waals surface area contributed by atoms with Gasteiger partial charge in [-0.15, -0.1) is 0 Å². The topological polar surface area (TPSA) is 66.9 Å². The van der Waals surface area contributed by atoms with E-state index in [-0.39, 0.29) is 12.1 Å². The van der Waals surface area contributed by atoms with Gasteiger partial charge < -0.3 is 5.73 Å². The Labute approximate surface area is 53.8 Å². The lowest BCUT2D eigenvalue weighted by molar-refractivity contribution is -0.104. The third-order valence-electron chi connectivity index (χ3n) is 1.00. The molecule has 0 aliphatic carbocycles. The summed E-state index contributed by atoms with van der Waals surface area (Å²) in [7, 11) is 0. The van der Waals surface area contributed by atoms with E-state index in [9.17, 15) is 4.79 Å². The van der Waals surface area contributed by atoms with E-state index in [0.29, 0.717) is 11.9 Å². The molecular formula is C6H8N2O. The normalized spacial score (nSPS) is 11.7. The molecule has 0 atom stereocenters. The van der Waals surface area contributed by atoms with Gasteiger partial charge in [0.2, 0.25) is 0 Å². The number of allylic oxidation sites excluding steroid dienone is 1. The molecule has 0 saturated carbocycles. The Morgan fingerprint density at radius 2 is 2.44 bits per heavy atom. The summed E-state index contributed by atoms with van der Waals surface area (Å²) in [5.41, 5.74) is 5.92. The lowest BCUT2D eigenvalue weighted by Gasteiger charge is -1.91. The molecule has 0 aliphatic heterocycles. The lowest BCUT2D eigenvalue weighted by atomic mass is 10.2. The van der Waals surface area contributed by atoms with Gasteiger partial charge in [-0.25, -0.2) is 0 Å². The Morgan fingerprint density at radius 1 is 1.89 bits per heavy atom. The molecule has 0 bridgehead atoms. The van der Waals surface area contributed by atoms with Gasteiger partial charge in [0.25, 0.3) is 0 Å². The van der Waals surface area contributed by atoms with E-state index in [1.165, 1.54) is 0 Å². The minimum atomic E-state index is 0.137. The molecule has 0 aromatic rings. The zero-order valence-corrected chi connectivity index (χ0v) is 5.22. The Hall–Kier alpha value is -1.14. The van der Waals surface area contributed by atoms with E-state index in [4.69, 9.17) is 11.0 Å². The van der Waals surface area contributed by atoms with Crippen LogP contribution >= 0.6 is 0 Å². The minimum Gasteiger partial charge on any atom is -0.327 e. The second kappa shape index (κ2) is 3.81. The van der Waals surface area contributed by atoms with E-state index in [1.807, 2.05) is 0 Å². The average molecular weight is 124 g/mol. The number of hydrogen-bond donors (Lipinski definition) is 1. The summed E-state index contributed by atoms with van der Waals surface area (Å²) in [6.45, 7) is 1.93. The molecule has 0 fully saturated rings. The largest absolute Gasteiger partial charge is 0.327 e. The van der Waals surface area contributed by atoms with Crippen molar-refractivity contribution in [2.75, 3.05) is 6.54 Å². The van der Waals surface area contributed by atoms with Crippen LogP contribution in [0.1, 0.15) is 6.92 Å². The lowest BCUT2D eigenvalue weighted by Crippen LogP contribution is -2.03. The van der Waals surface area contributed by atoms with Crippen LogP contribution in [0.4, 0.5) is 0 Å². The van der Waals surface area contributed by atoms with Crippen LogP contribution in [-0.4, -0.2) is 12.8 Å². The molecule has 0 spiro atoms. The molecule has 0 aromatic heterocycles.